The molecule has 9 nitrogen and oxygen atoms in total. The second-order valence-corrected chi connectivity index (χ2v) is 7.38. The number of hydrogen-bond acceptors (Lipinski definition) is 4. The Labute approximate surface area is 177 Å². The molecule has 0 spiro atoms. The number of imidazole rings is 1. The molecule has 3 heterocycles. The Morgan fingerprint density at radius 1 is 1.19 bits per heavy atom. The molecular formula is C22H19N7O2. The Morgan fingerprint density at radius 2 is 2.10 bits per heavy atom. The van der Waals surface area contributed by atoms with Crippen molar-refractivity contribution in [3.8, 4) is 5.69 Å². The first-order valence-electron chi connectivity index (χ1n) is 9.76. The van der Waals surface area contributed by atoms with Crippen LogP contribution < -0.4 is 10.6 Å². The molecule has 154 valence electrons. The molecule has 31 heavy (non-hydrogen) atoms. The molecule has 0 saturated carbocycles. The average Bonchev–Trinajstić information content (AvgIpc) is 3.45. The minimum atomic E-state index is -0.657. The smallest absolute Gasteiger partial charge is 0.328 e. The van der Waals surface area contributed by atoms with E-state index in [1.165, 1.54) is 0 Å². The fourth-order valence-corrected chi connectivity index (χ4v) is 3.87. The minimum absolute atomic E-state index is 0.248. The SMILES string of the molecule is CC1=NC(=O)NC(c2cccc(-n3ccnc3)c2)C1C(=O)Nc1ccc2[nH]ncc2c1. The summed E-state index contributed by atoms with van der Waals surface area (Å²) in [6.45, 7) is 1.70. The molecule has 3 amide bonds. The molecule has 3 N–H and O–H groups in total. The van der Waals surface area contributed by atoms with Crippen molar-refractivity contribution in [2.24, 2.45) is 10.9 Å². The van der Waals surface area contributed by atoms with Gasteiger partial charge in [0.15, 0.2) is 0 Å². The number of carbonyl (C=O) groups excluding carboxylic acids is 2. The van der Waals surface area contributed by atoms with Crippen LogP contribution in [-0.4, -0.2) is 37.4 Å². The Bertz CT molecular complexity index is 1310. The summed E-state index contributed by atoms with van der Waals surface area (Å²) >= 11 is 0. The van der Waals surface area contributed by atoms with Crippen LogP contribution in [0.4, 0.5) is 10.5 Å². The summed E-state index contributed by atoms with van der Waals surface area (Å²) in [6, 6.07) is 12.1. The van der Waals surface area contributed by atoms with E-state index in [0.717, 1.165) is 22.2 Å². The van der Waals surface area contributed by atoms with Crippen LogP contribution in [0.25, 0.3) is 16.6 Å². The molecule has 5 rings (SSSR count). The molecule has 4 aromatic rings. The number of benzene rings is 2. The number of urea groups is 1. The molecule has 0 fully saturated rings. The van der Waals surface area contributed by atoms with Gasteiger partial charge in [-0.1, -0.05) is 12.1 Å². The average molecular weight is 413 g/mol. The highest BCUT2D eigenvalue weighted by Gasteiger charge is 2.37. The van der Waals surface area contributed by atoms with Crippen LogP contribution in [0, 0.1) is 5.92 Å². The normalized spacial score (nSPS) is 18.5. The first-order chi connectivity index (χ1) is 15.1. The van der Waals surface area contributed by atoms with Crippen molar-refractivity contribution in [3.63, 3.8) is 0 Å². The highest BCUT2D eigenvalue weighted by molar-refractivity contribution is 6.13. The van der Waals surface area contributed by atoms with Gasteiger partial charge in [0.1, 0.15) is 5.92 Å². The zero-order valence-electron chi connectivity index (χ0n) is 16.6. The summed E-state index contributed by atoms with van der Waals surface area (Å²) in [6.07, 6.45) is 6.92. The molecule has 9 heteroatoms. The van der Waals surface area contributed by atoms with E-state index in [9.17, 15) is 9.59 Å². The van der Waals surface area contributed by atoms with Crippen LogP contribution in [0.1, 0.15) is 18.5 Å². The van der Waals surface area contributed by atoms with Crippen LogP contribution in [0.15, 0.2) is 72.4 Å². The van der Waals surface area contributed by atoms with E-state index in [2.05, 4.69) is 30.8 Å². The molecule has 0 radical (unpaired) electrons. The highest BCUT2D eigenvalue weighted by Crippen LogP contribution is 2.30. The van der Waals surface area contributed by atoms with Gasteiger partial charge in [0.25, 0.3) is 0 Å². The summed E-state index contributed by atoms with van der Waals surface area (Å²) < 4.78 is 1.87. The second kappa shape index (κ2) is 7.52. The Hall–Kier alpha value is -4.27. The number of aromatic nitrogens is 4. The number of hydrogen-bond donors (Lipinski definition) is 3. The van der Waals surface area contributed by atoms with Gasteiger partial charge in [-0.15, -0.1) is 0 Å². The fraction of sp³-hybridized carbons (Fsp3) is 0.136. The van der Waals surface area contributed by atoms with E-state index in [0.29, 0.717) is 11.4 Å². The molecule has 2 atom stereocenters. The van der Waals surface area contributed by atoms with Crippen LogP contribution >= 0.6 is 0 Å². The van der Waals surface area contributed by atoms with E-state index in [1.807, 2.05) is 47.2 Å². The Balaban J connectivity index is 1.47. The molecular weight excluding hydrogens is 394 g/mol. The van der Waals surface area contributed by atoms with Crippen LogP contribution in [0.5, 0.6) is 0 Å². The molecule has 0 saturated heterocycles. The van der Waals surface area contributed by atoms with Crippen LogP contribution in [-0.2, 0) is 4.79 Å². The maximum Gasteiger partial charge on any atom is 0.341 e. The number of amides is 3. The predicted octanol–water partition coefficient (Wildman–Crippen LogP) is 3.23. The maximum atomic E-state index is 13.3. The number of anilines is 1. The third-order valence-electron chi connectivity index (χ3n) is 5.36. The first kappa shape index (κ1) is 18.7. The summed E-state index contributed by atoms with van der Waals surface area (Å²) in [5, 5.41) is 13.6. The summed E-state index contributed by atoms with van der Waals surface area (Å²) in [4.78, 5) is 33.5. The zero-order valence-corrected chi connectivity index (χ0v) is 16.6. The molecule has 2 unspecified atom stereocenters. The lowest BCUT2D eigenvalue weighted by atomic mass is 9.87. The van der Waals surface area contributed by atoms with Crippen LogP contribution in [0.3, 0.4) is 0 Å². The number of nitrogens with zero attached hydrogens (tertiary/aromatic N) is 4. The van der Waals surface area contributed by atoms with E-state index >= 15 is 0 Å². The van der Waals surface area contributed by atoms with E-state index in [4.69, 9.17) is 0 Å². The van der Waals surface area contributed by atoms with Crippen LogP contribution in [0.2, 0.25) is 0 Å². The molecule has 2 aromatic carbocycles. The number of carbonyl (C=O) groups is 2. The van der Waals surface area contributed by atoms with Gasteiger partial charge in [-0.2, -0.15) is 5.10 Å². The molecule has 2 aromatic heterocycles. The number of fused-ring (bicyclic) bond motifs is 1. The summed E-state index contributed by atoms with van der Waals surface area (Å²) in [5.74, 6) is -0.905. The fourth-order valence-electron chi connectivity index (χ4n) is 3.87. The van der Waals surface area contributed by atoms with Gasteiger partial charge in [0, 0.05) is 34.9 Å². The Morgan fingerprint density at radius 3 is 2.94 bits per heavy atom. The lowest BCUT2D eigenvalue weighted by molar-refractivity contribution is -0.118. The lowest BCUT2D eigenvalue weighted by Crippen LogP contribution is -2.45. The standard InChI is InChI=1S/C22H19N7O2/c1-13-19(21(30)26-16-5-6-18-15(9-16)11-24-28-18)20(27-22(31)25-13)14-3-2-4-17(10-14)29-8-7-23-12-29/h2-12,19-20H,1H3,(H,24,28)(H,26,30)(H,27,31). The van der Waals surface area contributed by atoms with Crippen molar-refractivity contribution in [2.75, 3.05) is 5.32 Å². The number of aliphatic imine (C=N–C) groups is 1. The maximum absolute atomic E-state index is 13.3. The Kier molecular flexibility index (Phi) is 4.55. The highest BCUT2D eigenvalue weighted by atomic mass is 16.2. The summed E-state index contributed by atoms with van der Waals surface area (Å²) in [5.41, 5.74) is 3.68. The van der Waals surface area contributed by atoms with Gasteiger partial charge < -0.3 is 15.2 Å². The molecule has 1 aliphatic heterocycles. The van der Waals surface area contributed by atoms with E-state index < -0.39 is 18.0 Å². The number of H-pyrrole nitrogens is 1. The van der Waals surface area contributed by atoms with Gasteiger partial charge >= 0.3 is 6.03 Å². The molecule has 1 aliphatic rings. The monoisotopic (exact) mass is 413 g/mol. The van der Waals surface area contributed by atoms with Gasteiger partial charge in [-0.25, -0.2) is 14.8 Å². The zero-order chi connectivity index (χ0) is 21.4. The van der Waals surface area contributed by atoms with Crippen molar-refractivity contribution < 1.29 is 9.59 Å². The predicted molar refractivity (Wildman–Crippen MR) is 116 cm³/mol. The molecule has 0 bridgehead atoms. The second-order valence-electron chi connectivity index (χ2n) is 7.38. The van der Waals surface area contributed by atoms with Gasteiger partial charge in [0.05, 0.1) is 24.1 Å². The van der Waals surface area contributed by atoms with Crippen molar-refractivity contribution in [1.82, 2.24) is 25.1 Å². The van der Waals surface area contributed by atoms with E-state index in [-0.39, 0.29) is 5.91 Å². The van der Waals surface area contributed by atoms with Crippen molar-refractivity contribution in [2.45, 2.75) is 13.0 Å². The van der Waals surface area contributed by atoms with Gasteiger partial charge in [-0.3, -0.25) is 9.89 Å². The number of rotatable bonds is 4. The van der Waals surface area contributed by atoms with Crippen molar-refractivity contribution in [1.29, 1.82) is 0 Å². The molecule has 0 aliphatic carbocycles. The third-order valence-corrected chi connectivity index (χ3v) is 5.36. The van der Waals surface area contributed by atoms with Gasteiger partial charge in [-0.05, 0) is 42.8 Å². The topological polar surface area (TPSA) is 117 Å². The quantitative estimate of drug-likeness (QED) is 0.476. The van der Waals surface area contributed by atoms with E-state index in [1.54, 1.807) is 31.7 Å². The van der Waals surface area contributed by atoms with Gasteiger partial charge in [0.2, 0.25) is 5.91 Å². The van der Waals surface area contributed by atoms with Crippen molar-refractivity contribution in [3.05, 3.63) is 72.9 Å². The third kappa shape index (κ3) is 3.57. The largest absolute Gasteiger partial charge is 0.341 e. The minimum Gasteiger partial charge on any atom is -0.328 e. The van der Waals surface area contributed by atoms with Crippen molar-refractivity contribution >= 4 is 34.2 Å². The number of aromatic amines is 1. The summed E-state index contributed by atoms with van der Waals surface area (Å²) in [7, 11) is 0. The number of nitrogens with one attached hydrogen (secondary N) is 3. The first-order valence-corrected chi connectivity index (χ1v) is 9.76. The lowest BCUT2D eigenvalue weighted by Gasteiger charge is -2.30.